The van der Waals surface area contributed by atoms with Crippen LogP contribution in [0.4, 0.5) is 4.79 Å². The molecule has 0 spiro atoms. The van der Waals surface area contributed by atoms with E-state index in [4.69, 9.17) is 4.74 Å². The predicted molar refractivity (Wildman–Crippen MR) is 91.7 cm³/mol. The van der Waals surface area contributed by atoms with Crippen molar-refractivity contribution < 1.29 is 9.53 Å². The summed E-state index contributed by atoms with van der Waals surface area (Å²) in [5, 5.41) is 6.10. The first-order valence-electron chi connectivity index (χ1n) is 8.88. The Morgan fingerprint density at radius 3 is 2.96 bits per heavy atom. The fourth-order valence-corrected chi connectivity index (χ4v) is 3.27. The highest BCUT2D eigenvalue weighted by atomic mass is 16.5. The summed E-state index contributed by atoms with van der Waals surface area (Å²) in [5.74, 6) is 0. The van der Waals surface area contributed by atoms with Crippen LogP contribution in [-0.4, -0.2) is 58.8 Å². The van der Waals surface area contributed by atoms with Gasteiger partial charge in [-0.25, -0.2) is 9.78 Å². The fraction of sp³-hybridized carbons (Fsp3) is 0.765. The third-order valence-corrected chi connectivity index (χ3v) is 5.18. The van der Waals surface area contributed by atoms with Crippen LogP contribution in [0.25, 0.3) is 0 Å². The molecule has 1 aliphatic heterocycles. The Morgan fingerprint density at radius 2 is 2.29 bits per heavy atom. The van der Waals surface area contributed by atoms with Crippen molar-refractivity contribution in [1.29, 1.82) is 0 Å². The Bertz CT molecular complexity index is 557. The number of aromatic nitrogens is 2. The molecule has 7 heteroatoms. The van der Waals surface area contributed by atoms with Crippen molar-refractivity contribution in [1.82, 2.24) is 25.1 Å². The second-order valence-electron chi connectivity index (χ2n) is 7.11. The number of urea groups is 1. The van der Waals surface area contributed by atoms with Gasteiger partial charge in [0, 0.05) is 38.3 Å². The van der Waals surface area contributed by atoms with Gasteiger partial charge in [-0.2, -0.15) is 0 Å². The second-order valence-corrected chi connectivity index (χ2v) is 7.11. The summed E-state index contributed by atoms with van der Waals surface area (Å²) in [4.78, 5) is 18.7. The SMILES string of the molecule is CC(CNC(=O)NC1CCOC(c2cncn2C)C1)N(C)C1CC1. The Kier molecular flexibility index (Phi) is 5.40. The molecule has 3 rings (SSSR count). The molecule has 134 valence electrons. The molecule has 1 saturated heterocycles. The molecular weight excluding hydrogens is 306 g/mol. The van der Waals surface area contributed by atoms with Crippen molar-refractivity contribution in [3.05, 3.63) is 18.2 Å². The number of aryl methyl sites for hydroxylation is 1. The number of hydrogen-bond donors (Lipinski definition) is 2. The molecule has 3 atom stereocenters. The Balaban J connectivity index is 1.43. The average Bonchev–Trinajstić information content (AvgIpc) is 3.33. The predicted octanol–water partition coefficient (Wildman–Crippen LogP) is 1.42. The van der Waals surface area contributed by atoms with E-state index in [1.54, 1.807) is 6.33 Å². The lowest BCUT2D eigenvalue weighted by molar-refractivity contribution is -0.00179. The highest BCUT2D eigenvalue weighted by molar-refractivity contribution is 5.74. The van der Waals surface area contributed by atoms with E-state index >= 15 is 0 Å². The van der Waals surface area contributed by atoms with Crippen molar-refractivity contribution >= 4 is 6.03 Å². The first-order chi connectivity index (χ1) is 11.5. The van der Waals surface area contributed by atoms with E-state index in [0.29, 0.717) is 25.2 Å². The van der Waals surface area contributed by atoms with E-state index < -0.39 is 0 Å². The molecule has 7 nitrogen and oxygen atoms in total. The molecule has 1 aliphatic carbocycles. The molecule has 0 bridgehead atoms. The van der Waals surface area contributed by atoms with E-state index in [2.05, 4.69) is 34.5 Å². The Labute approximate surface area is 143 Å². The standard InChI is InChI=1S/C17H29N5O2/c1-12(22(3)14-4-5-14)9-19-17(23)20-13-6-7-24-16(8-13)15-10-18-11-21(15)2/h10-14,16H,4-9H2,1-3H3,(H2,19,20,23). The molecular formula is C17H29N5O2. The van der Waals surface area contributed by atoms with Gasteiger partial charge in [-0.15, -0.1) is 0 Å². The van der Waals surface area contributed by atoms with Gasteiger partial charge >= 0.3 is 6.03 Å². The van der Waals surface area contributed by atoms with Gasteiger partial charge in [0.2, 0.25) is 0 Å². The molecule has 2 fully saturated rings. The monoisotopic (exact) mass is 335 g/mol. The number of likely N-dealkylation sites (N-methyl/N-ethyl adjacent to an activating group) is 1. The molecule has 2 aliphatic rings. The van der Waals surface area contributed by atoms with Gasteiger partial charge < -0.3 is 19.9 Å². The number of hydrogen-bond acceptors (Lipinski definition) is 4. The van der Waals surface area contributed by atoms with Crippen LogP contribution in [0.5, 0.6) is 0 Å². The molecule has 1 aromatic heterocycles. The van der Waals surface area contributed by atoms with E-state index in [-0.39, 0.29) is 18.2 Å². The topological polar surface area (TPSA) is 71.4 Å². The van der Waals surface area contributed by atoms with E-state index in [0.717, 1.165) is 18.5 Å². The maximum absolute atomic E-state index is 12.2. The zero-order valence-electron chi connectivity index (χ0n) is 14.9. The molecule has 2 amide bonds. The van der Waals surface area contributed by atoms with Crippen LogP contribution in [0.3, 0.4) is 0 Å². The van der Waals surface area contributed by atoms with Crippen molar-refractivity contribution in [3.63, 3.8) is 0 Å². The van der Waals surface area contributed by atoms with Crippen LogP contribution in [0.2, 0.25) is 0 Å². The lowest BCUT2D eigenvalue weighted by Crippen LogP contribution is -2.48. The first-order valence-corrected chi connectivity index (χ1v) is 8.88. The van der Waals surface area contributed by atoms with Gasteiger partial charge in [-0.1, -0.05) is 0 Å². The minimum Gasteiger partial charge on any atom is -0.372 e. The number of nitrogens with one attached hydrogen (secondary N) is 2. The van der Waals surface area contributed by atoms with Crippen LogP contribution < -0.4 is 10.6 Å². The van der Waals surface area contributed by atoms with Gasteiger partial charge in [0.25, 0.3) is 0 Å². The maximum Gasteiger partial charge on any atom is 0.315 e. The fourth-order valence-electron chi connectivity index (χ4n) is 3.27. The summed E-state index contributed by atoms with van der Waals surface area (Å²) in [6.45, 7) is 3.49. The van der Waals surface area contributed by atoms with Gasteiger partial charge in [-0.05, 0) is 39.7 Å². The van der Waals surface area contributed by atoms with E-state index in [1.165, 1.54) is 12.8 Å². The van der Waals surface area contributed by atoms with Gasteiger partial charge in [0.1, 0.15) is 6.10 Å². The molecule has 1 saturated carbocycles. The van der Waals surface area contributed by atoms with Crippen molar-refractivity contribution in [2.75, 3.05) is 20.2 Å². The first kappa shape index (κ1) is 17.2. The third kappa shape index (κ3) is 4.27. The minimum absolute atomic E-state index is 0.00327. The summed E-state index contributed by atoms with van der Waals surface area (Å²) in [6, 6.07) is 1.12. The molecule has 0 aromatic carbocycles. The van der Waals surface area contributed by atoms with Crippen molar-refractivity contribution in [2.24, 2.45) is 7.05 Å². The molecule has 2 heterocycles. The highest BCUT2D eigenvalue weighted by Gasteiger charge is 2.30. The van der Waals surface area contributed by atoms with Crippen LogP contribution in [0, 0.1) is 0 Å². The van der Waals surface area contributed by atoms with Crippen LogP contribution in [0.15, 0.2) is 12.5 Å². The number of carbonyl (C=O) groups is 1. The third-order valence-electron chi connectivity index (χ3n) is 5.18. The number of amides is 2. The summed E-state index contributed by atoms with van der Waals surface area (Å²) >= 11 is 0. The summed E-state index contributed by atoms with van der Waals surface area (Å²) in [6.07, 6.45) is 7.80. The van der Waals surface area contributed by atoms with Crippen molar-refractivity contribution in [3.8, 4) is 0 Å². The zero-order chi connectivity index (χ0) is 17.1. The Hall–Kier alpha value is -1.60. The smallest absolute Gasteiger partial charge is 0.315 e. The van der Waals surface area contributed by atoms with Gasteiger partial charge in [-0.3, -0.25) is 4.90 Å². The minimum atomic E-state index is -0.0818. The van der Waals surface area contributed by atoms with E-state index in [9.17, 15) is 4.79 Å². The van der Waals surface area contributed by atoms with Gasteiger partial charge in [0.15, 0.2) is 0 Å². The van der Waals surface area contributed by atoms with Crippen LogP contribution in [-0.2, 0) is 11.8 Å². The normalized spacial score (nSPS) is 25.5. The quantitative estimate of drug-likeness (QED) is 0.825. The van der Waals surface area contributed by atoms with Crippen LogP contribution in [0.1, 0.15) is 44.4 Å². The van der Waals surface area contributed by atoms with Gasteiger partial charge in [0.05, 0.1) is 18.2 Å². The lowest BCUT2D eigenvalue weighted by atomic mass is 10.0. The van der Waals surface area contributed by atoms with E-state index in [1.807, 2.05) is 17.8 Å². The largest absolute Gasteiger partial charge is 0.372 e. The molecule has 3 unspecified atom stereocenters. The summed E-state index contributed by atoms with van der Waals surface area (Å²) in [7, 11) is 4.10. The zero-order valence-corrected chi connectivity index (χ0v) is 14.9. The maximum atomic E-state index is 12.2. The number of carbonyl (C=O) groups excluding carboxylic acids is 1. The molecule has 24 heavy (non-hydrogen) atoms. The molecule has 2 N–H and O–H groups in total. The number of imidazole rings is 1. The highest BCUT2D eigenvalue weighted by Crippen LogP contribution is 2.28. The summed E-state index contributed by atoms with van der Waals surface area (Å²) < 4.78 is 7.81. The summed E-state index contributed by atoms with van der Waals surface area (Å²) in [5.41, 5.74) is 1.06. The lowest BCUT2D eigenvalue weighted by Gasteiger charge is -2.30. The van der Waals surface area contributed by atoms with Crippen molar-refractivity contribution in [2.45, 2.75) is 56.8 Å². The Morgan fingerprint density at radius 1 is 1.50 bits per heavy atom. The number of rotatable bonds is 6. The number of nitrogens with zero attached hydrogens (tertiary/aromatic N) is 3. The average molecular weight is 335 g/mol. The number of ether oxygens (including phenoxy) is 1. The molecule has 0 radical (unpaired) electrons. The molecule has 1 aromatic rings. The second kappa shape index (κ2) is 7.53. The van der Waals surface area contributed by atoms with Crippen LogP contribution >= 0.6 is 0 Å².